The first-order valence-electron chi connectivity index (χ1n) is 12.7. The van der Waals surface area contributed by atoms with Crippen LogP contribution in [0.15, 0.2) is 65.6 Å². The zero-order valence-corrected chi connectivity index (χ0v) is 20.8. The molecule has 33 heavy (non-hydrogen) atoms. The van der Waals surface area contributed by atoms with Crippen molar-refractivity contribution in [1.82, 2.24) is 10.2 Å². The van der Waals surface area contributed by atoms with E-state index in [0.29, 0.717) is 0 Å². The van der Waals surface area contributed by atoms with Crippen molar-refractivity contribution >= 4 is 23.6 Å². The van der Waals surface area contributed by atoms with Crippen molar-refractivity contribution in [3.05, 3.63) is 71.8 Å². The fourth-order valence-electron chi connectivity index (χ4n) is 4.17. The van der Waals surface area contributed by atoms with Gasteiger partial charge in [0.05, 0.1) is 0 Å². The van der Waals surface area contributed by atoms with E-state index in [1.807, 2.05) is 48.2 Å². The van der Waals surface area contributed by atoms with E-state index in [9.17, 15) is 4.79 Å². The third kappa shape index (κ3) is 10.7. The maximum Gasteiger partial charge on any atom is 0.185 e. The number of piperazine rings is 1. The molecule has 1 aliphatic rings. The molecule has 3 nitrogen and oxygen atoms in total. The molecule has 0 atom stereocenters. The van der Waals surface area contributed by atoms with Gasteiger partial charge in [0.15, 0.2) is 5.78 Å². The van der Waals surface area contributed by atoms with E-state index in [-0.39, 0.29) is 5.78 Å². The van der Waals surface area contributed by atoms with Gasteiger partial charge >= 0.3 is 0 Å². The van der Waals surface area contributed by atoms with Crippen molar-refractivity contribution in [2.45, 2.75) is 56.3 Å². The average Bonchev–Trinajstić information content (AvgIpc) is 2.87. The van der Waals surface area contributed by atoms with Gasteiger partial charge in [-0.2, -0.15) is 0 Å². The van der Waals surface area contributed by atoms with Gasteiger partial charge in [-0.3, -0.25) is 4.79 Å². The molecular formula is C29H40N2OS. The zero-order valence-electron chi connectivity index (χ0n) is 20.0. The molecule has 0 aliphatic carbocycles. The van der Waals surface area contributed by atoms with E-state index >= 15 is 0 Å². The number of carbonyl (C=O) groups is 1. The summed E-state index contributed by atoms with van der Waals surface area (Å²) < 4.78 is 0. The summed E-state index contributed by atoms with van der Waals surface area (Å²) in [5.41, 5.74) is 1.79. The van der Waals surface area contributed by atoms with Gasteiger partial charge in [-0.15, -0.1) is 11.8 Å². The summed E-state index contributed by atoms with van der Waals surface area (Å²) in [4.78, 5) is 16.1. The average molecular weight is 465 g/mol. The van der Waals surface area contributed by atoms with Crippen molar-refractivity contribution < 1.29 is 4.79 Å². The highest BCUT2D eigenvalue weighted by molar-refractivity contribution is 7.99. The number of nitrogens with one attached hydrogen (secondary N) is 1. The molecule has 0 amide bonds. The Morgan fingerprint density at radius 2 is 1.45 bits per heavy atom. The van der Waals surface area contributed by atoms with Crippen molar-refractivity contribution in [2.75, 3.05) is 38.5 Å². The van der Waals surface area contributed by atoms with Crippen molar-refractivity contribution in [3.63, 3.8) is 0 Å². The van der Waals surface area contributed by atoms with Crippen molar-refractivity contribution in [3.8, 4) is 0 Å². The lowest BCUT2D eigenvalue weighted by Crippen LogP contribution is -2.43. The second kappa shape index (κ2) is 15.9. The molecule has 1 fully saturated rings. The Balaban J connectivity index is 1.17. The minimum atomic E-state index is 0.0456. The minimum Gasteiger partial charge on any atom is -0.314 e. The molecule has 0 saturated carbocycles. The predicted molar refractivity (Wildman–Crippen MR) is 143 cm³/mol. The number of rotatable bonds is 15. The molecule has 1 aliphatic heterocycles. The number of hydrogen-bond acceptors (Lipinski definition) is 4. The second-order valence-corrected chi connectivity index (χ2v) is 10.1. The summed E-state index contributed by atoms with van der Waals surface area (Å²) in [5, 5.41) is 3.42. The van der Waals surface area contributed by atoms with Crippen LogP contribution in [0.3, 0.4) is 0 Å². The lowest BCUT2D eigenvalue weighted by Gasteiger charge is -2.27. The number of thioether (sulfide) groups is 1. The van der Waals surface area contributed by atoms with E-state index in [4.69, 9.17) is 0 Å². The number of allylic oxidation sites excluding steroid dienone is 1. The molecule has 178 valence electrons. The van der Waals surface area contributed by atoms with Gasteiger partial charge < -0.3 is 10.2 Å². The fourth-order valence-corrected chi connectivity index (χ4v) is 5.08. The van der Waals surface area contributed by atoms with Crippen LogP contribution >= 0.6 is 11.8 Å². The minimum absolute atomic E-state index is 0.0456. The van der Waals surface area contributed by atoms with Gasteiger partial charge in [-0.25, -0.2) is 0 Å². The third-order valence-electron chi connectivity index (χ3n) is 6.21. The highest BCUT2D eigenvalue weighted by Gasteiger charge is 2.08. The van der Waals surface area contributed by atoms with E-state index in [2.05, 4.69) is 34.5 Å². The van der Waals surface area contributed by atoms with Crippen LogP contribution in [-0.4, -0.2) is 49.2 Å². The molecule has 2 aromatic rings. The highest BCUT2D eigenvalue weighted by Crippen LogP contribution is 2.21. The van der Waals surface area contributed by atoms with Crippen LogP contribution in [0.25, 0.3) is 6.08 Å². The van der Waals surface area contributed by atoms with Crippen LogP contribution in [0.4, 0.5) is 0 Å². The smallest absolute Gasteiger partial charge is 0.185 e. The number of unbranched alkanes of at least 4 members (excludes halogenated alkanes) is 7. The van der Waals surface area contributed by atoms with Gasteiger partial charge in [0.25, 0.3) is 0 Å². The van der Waals surface area contributed by atoms with Crippen molar-refractivity contribution in [2.24, 2.45) is 0 Å². The highest BCUT2D eigenvalue weighted by atomic mass is 32.2. The summed E-state index contributed by atoms with van der Waals surface area (Å²) >= 11 is 1.94. The lowest BCUT2D eigenvalue weighted by molar-refractivity contribution is 0.104. The van der Waals surface area contributed by atoms with E-state index in [1.54, 1.807) is 6.08 Å². The third-order valence-corrected chi connectivity index (χ3v) is 7.31. The Hall–Kier alpha value is -1.88. The molecule has 2 aromatic carbocycles. The van der Waals surface area contributed by atoms with Crippen LogP contribution in [0.2, 0.25) is 0 Å². The first-order valence-corrected chi connectivity index (χ1v) is 13.7. The molecule has 0 spiro atoms. The summed E-state index contributed by atoms with van der Waals surface area (Å²) in [6.45, 7) is 6.09. The Morgan fingerprint density at radius 3 is 2.15 bits per heavy atom. The SMILES string of the molecule is O=C(/C=C/c1ccc(SCCCCCCCCCCN2CCNCC2)cc1)c1ccccc1. The molecule has 4 heteroatoms. The summed E-state index contributed by atoms with van der Waals surface area (Å²) in [5.74, 6) is 1.23. The number of nitrogens with zero attached hydrogens (tertiary/aromatic N) is 1. The maximum atomic E-state index is 12.2. The Kier molecular flexibility index (Phi) is 12.4. The molecule has 0 unspecified atom stereocenters. The molecule has 0 radical (unpaired) electrons. The lowest BCUT2D eigenvalue weighted by atomic mass is 10.1. The summed E-state index contributed by atoms with van der Waals surface area (Å²) in [6, 6.07) is 17.9. The predicted octanol–water partition coefficient (Wildman–Crippen LogP) is 6.70. The maximum absolute atomic E-state index is 12.2. The van der Waals surface area contributed by atoms with Crippen LogP contribution < -0.4 is 5.32 Å². The van der Waals surface area contributed by atoms with E-state index in [1.165, 1.54) is 81.6 Å². The van der Waals surface area contributed by atoms with Crippen LogP contribution in [0.5, 0.6) is 0 Å². The standard InChI is InChI=1S/C29H40N2OS/c32-29(27-12-8-7-9-13-27)19-16-26-14-17-28(18-15-26)33-25-11-6-4-2-1-3-5-10-22-31-23-20-30-21-24-31/h7-9,12-19,30H,1-6,10-11,20-25H2/b19-16+. The largest absolute Gasteiger partial charge is 0.314 e. The van der Waals surface area contributed by atoms with Gasteiger partial charge in [-0.1, -0.05) is 87.1 Å². The first kappa shape index (κ1) is 25.7. The Bertz CT molecular complexity index is 813. The number of ketones is 1. The molecule has 3 rings (SSSR count). The number of hydrogen-bond donors (Lipinski definition) is 1. The molecule has 1 N–H and O–H groups in total. The van der Waals surface area contributed by atoms with Gasteiger partial charge in [0, 0.05) is 36.6 Å². The van der Waals surface area contributed by atoms with Crippen LogP contribution in [0, 0.1) is 0 Å². The number of carbonyl (C=O) groups excluding carboxylic acids is 1. The first-order chi connectivity index (χ1) is 16.3. The summed E-state index contributed by atoms with van der Waals surface area (Å²) in [7, 11) is 0. The monoisotopic (exact) mass is 464 g/mol. The van der Waals surface area contributed by atoms with E-state index in [0.717, 1.165) is 24.2 Å². The normalized spacial score (nSPS) is 14.7. The van der Waals surface area contributed by atoms with Crippen molar-refractivity contribution in [1.29, 1.82) is 0 Å². The van der Waals surface area contributed by atoms with Crippen LogP contribution in [0.1, 0.15) is 67.3 Å². The zero-order chi connectivity index (χ0) is 23.0. The molecule has 0 bridgehead atoms. The van der Waals surface area contributed by atoms with Gasteiger partial charge in [0.2, 0.25) is 0 Å². The molecule has 0 aromatic heterocycles. The van der Waals surface area contributed by atoms with Gasteiger partial charge in [-0.05, 0) is 48.9 Å². The Morgan fingerprint density at radius 1 is 0.818 bits per heavy atom. The fraction of sp³-hybridized carbons (Fsp3) is 0.483. The molecule has 1 heterocycles. The number of benzene rings is 2. The molecular weight excluding hydrogens is 424 g/mol. The van der Waals surface area contributed by atoms with Crippen LogP contribution in [-0.2, 0) is 0 Å². The summed E-state index contributed by atoms with van der Waals surface area (Å²) in [6.07, 6.45) is 14.5. The quantitative estimate of drug-likeness (QED) is 0.138. The molecule has 1 saturated heterocycles. The second-order valence-electron chi connectivity index (χ2n) is 8.90. The van der Waals surface area contributed by atoms with E-state index < -0.39 is 0 Å². The Labute approximate surface area is 205 Å². The van der Waals surface area contributed by atoms with Gasteiger partial charge in [0.1, 0.15) is 0 Å². The topological polar surface area (TPSA) is 32.3 Å².